The Balaban J connectivity index is 2.61. The van der Waals surface area contributed by atoms with E-state index >= 15 is 0 Å². The normalized spacial score (nSPS) is 11.4. The average molecular weight is 349 g/mol. The first-order chi connectivity index (χ1) is 8.88. The maximum Gasteiger partial charge on any atom is 0.640 e. The van der Waals surface area contributed by atoms with Gasteiger partial charge < -0.3 is 14.0 Å². The van der Waals surface area contributed by atoms with Crippen molar-refractivity contribution in [3.8, 4) is 0 Å². The third-order valence-electron chi connectivity index (χ3n) is 2.15. The van der Waals surface area contributed by atoms with Crippen molar-refractivity contribution in [3.63, 3.8) is 0 Å². The molecule has 1 rings (SSSR count). The standard InChI is InChI=1S/C13H19BBrClO3/c1-9(2)18-14(19-10(3)4)17-8-11-7-12(16)5-6-13(11)15/h5-7,9-10H,8H2,1-4H3. The molecule has 0 radical (unpaired) electrons. The second-order valence-electron chi connectivity index (χ2n) is 4.71. The summed E-state index contributed by atoms with van der Waals surface area (Å²) in [7, 11) is -0.675. The first-order valence-corrected chi connectivity index (χ1v) is 7.42. The molecule has 0 aromatic heterocycles. The number of benzene rings is 1. The predicted molar refractivity (Wildman–Crippen MR) is 82.1 cm³/mol. The largest absolute Gasteiger partial charge is 0.640 e. The van der Waals surface area contributed by atoms with E-state index < -0.39 is 7.32 Å². The number of rotatable bonds is 7. The van der Waals surface area contributed by atoms with Gasteiger partial charge in [-0.25, -0.2) is 0 Å². The van der Waals surface area contributed by atoms with Gasteiger partial charge in [-0.15, -0.1) is 0 Å². The van der Waals surface area contributed by atoms with Gasteiger partial charge in [0.1, 0.15) is 0 Å². The highest BCUT2D eigenvalue weighted by atomic mass is 79.9. The summed E-state index contributed by atoms with van der Waals surface area (Å²) >= 11 is 9.42. The van der Waals surface area contributed by atoms with Crippen molar-refractivity contribution in [1.29, 1.82) is 0 Å². The van der Waals surface area contributed by atoms with Gasteiger partial charge in [-0.2, -0.15) is 0 Å². The van der Waals surface area contributed by atoms with Gasteiger partial charge in [-0.05, 0) is 51.5 Å². The van der Waals surface area contributed by atoms with Crippen molar-refractivity contribution >= 4 is 34.9 Å². The molecule has 0 heterocycles. The van der Waals surface area contributed by atoms with E-state index in [1.165, 1.54) is 0 Å². The molecular formula is C13H19BBrClO3. The van der Waals surface area contributed by atoms with Gasteiger partial charge in [-0.3, -0.25) is 0 Å². The van der Waals surface area contributed by atoms with Crippen molar-refractivity contribution in [1.82, 2.24) is 0 Å². The van der Waals surface area contributed by atoms with E-state index in [2.05, 4.69) is 15.9 Å². The van der Waals surface area contributed by atoms with Crippen molar-refractivity contribution in [2.75, 3.05) is 0 Å². The number of hydrogen-bond acceptors (Lipinski definition) is 3. The van der Waals surface area contributed by atoms with E-state index in [9.17, 15) is 0 Å². The maximum atomic E-state index is 5.96. The fourth-order valence-electron chi connectivity index (χ4n) is 1.37. The summed E-state index contributed by atoms with van der Waals surface area (Å²) in [5, 5.41) is 0.674. The smallest absolute Gasteiger partial charge is 0.384 e. The second-order valence-corrected chi connectivity index (χ2v) is 6.00. The van der Waals surface area contributed by atoms with E-state index in [1.807, 2.05) is 45.9 Å². The first kappa shape index (κ1) is 17.0. The highest BCUT2D eigenvalue weighted by Crippen LogP contribution is 2.22. The van der Waals surface area contributed by atoms with Crippen molar-refractivity contribution in [2.24, 2.45) is 0 Å². The minimum absolute atomic E-state index is 0.0338. The summed E-state index contributed by atoms with van der Waals surface area (Å²) in [6.07, 6.45) is 0.0677. The summed E-state index contributed by atoms with van der Waals surface area (Å²) in [5.41, 5.74) is 0.956. The third-order valence-corrected chi connectivity index (χ3v) is 3.16. The van der Waals surface area contributed by atoms with Gasteiger partial charge >= 0.3 is 7.32 Å². The van der Waals surface area contributed by atoms with Gasteiger partial charge in [-0.1, -0.05) is 27.5 Å². The predicted octanol–water partition coefficient (Wildman–Crippen LogP) is 4.45. The van der Waals surface area contributed by atoms with Gasteiger partial charge in [0.05, 0.1) is 6.61 Å². The van der Waals surface area contributed by atoms with Crippen LogP contribution in [0.15, 0.2) is 22.7 Å². The quantitative estimate of drug-likeness (QED) is 0.681. The van der Waals surface area contributed by atoms with Crippen LogP contribution in [0.1, 0.15) is 33.3 Å². The third kappa shape index (κ3) is 6.77. The van der Waals surface area contributed by atoms with Crippen LogP contribution < -0.4 is 0 Å². The van der Waals surface area contributed by atoms with Crippen molar-refractivity contribution in [3.05, 3.63) is 33.3 Å². The Labute approximate surface area is 128 Å². The lowest BCUT2D eigenvalue weighted by Crippen LogP contribution is -2.32. The van der Waals surface area contributed by atoms with Gasteiger partial charge in [0, 0.05) is 21.7 Å². The van der Waals surface area contributed by atoms with Crippen LogP contribution in [0.25, 0.3) is 0 Å². The Hall–Kier alpha value is -0.0651. The fraction of sp³-hybridized carbons (Fsp3) is 0.538. The molecule has 0 unspecified atom stereocenters. The van der Waals surface area contributed by atoms with Gasteiger partial charge in [0.25, 0.3) is 0 Å². The molecule has 0 amide bonds. The van der Waals surface area contributed by atoms with Crippen LogP contribution in [0, 0.1) is 0 Å². The van der Waals surface area contributed by atoms with E-state index in [4.69, 9.17) is 25.6 Å². The number of hydrogen-bond donors (Lipinski definition) is 0. The minimum Gasteiger partial charge on any atom is -0.384 e. The summed E-state index contributed by atoms with van der Waals surface area (Å²) < 4.78 is 17.7. The highest BCUT2D eigenvalue weighted by molar-refractivity contribution is 9.10. The summed E-state index contributed by atoms with van der Waals surface area (Å²) in [4.78, 5) is 0. The molecule has 1 aromatic carbocycles. The van der Waals surface area contributed by atoms with Crippen LogP contribution in [0.2, 0.25) is 5.02 Å². The van der Waals surface area contributed by atoms with Crippen molar-refractivity contribution < 1.29 is 14.0 Å². The molecular weight excluding hydrogens is 330 g/mol. The molecule has 0 saturated heterocycles. The molecule has 0 saturated carbocycles. The lowest BCUT2D eigenvalue weighted by molar-refractivity contribution is 0.0459. The van der Waals surface area contributed by atoms with Crippen LogP contribution >= 0.6 is 27.5 Å². The van der Waals surface area contributed by atoms with Crippen LogP contribution in [-0.2, 0) is 20.6 Å². The molecule has 0 bridgehead atoms. The maximum absolute atomic E-state index is 5.96. The van der Waals surface area contributed by atoms with Crippen LogP contribution in [0.4, 0.5) is 0 Å². The second kappa shape index (κ2) is 8.27. The lowest BCUT2D eigenvalue weighted by Gasteiger charge is -2.19. The van der Waals surface area contributed by atoms with Gasteiger partial charge in [0.15, 0.2) is 0 Å². The molecule has 0 fully saturated rings. The summed E-state index contributed by atoms with van der Waals surface area (Å²) in [6.45, 7) is 8.13. The molecule has 1 aromatic rings. The average Bonchev–Trinajstić information content (AvgIpc) is 2.28. The van der Waals surface area contributed by atoms with E-state index in [0.29, 0.717) is 11.6 Å². The fourth-order valence-corrected chi connectivity index (χ4v) is 1.92. The molecule has 6 heteroatoms. The molecule has 19 heavy (non-hydrogen) atoms. The Morgan fingerprint density at radius 3 is 2.26 bits per heavy atom. The first-order valence-electron chi connectivity index (χ1n) is 6.25. The van der Waals surface area contributed by atoms with Crippen LogP contribution in [0.5, 0.6) is 0 Å². The molecule has 0 aliphatic heterocycles. The van der Waals surface area contributed by atoms with Crippen molar-refractivity contribution in [2.45, 2.75) is 46.5 Å². The summed E-state index contributed by atoms with van der Waals surface area (Å²) in [5.74, 6) is 0. The zero-order chi connectivity index (χ0) is 14.4. The van der Waals surface area contributed by atoms with Crippen LogP contribution in [0.3, 0.4) is 0 Å². The summed E-state index contributed by atoms with van der Waals surface area (Å²) in [6, 6.07) is 5.57. The monoisotopic (exact) mass is 348 g/mol. The molecule has 106 valence electrons. The SMILES string of the molecule is CC(C)OB(OCc1cc(Cl)ccc1Br)OC(C)C. The molecule has 0 atom stereocenters. The Morgan fingerprint density at radius 2 is 1.74 bits per heavy atom. The van der Waals surface area contributed by atoms with Crippen LogP contribution in [-0.4, -0.2) is 19.5 Å². The Kier molecular flexibility index (Phi) is 7.40. The number of halogens is 2. The molecule has 0 aliphatic carbocycles. The van der Waals surface area contributed by atoms with E-state index in [-0.39, 0.29) is 12.2 Å². The van der Waals surface area contributed by atoms with E-state index in [0.717, 1.165) is 10.0 Å². The zero-order valence-corrected chi connectivity index (χ0v) is 14.0. The minimum atomic E-state index is -0.675. The Morgan fingerprint density at radius 1 is 1.16 bits per heavy atom. The lowest BCUT2D eigenvalue weighted by atomic mass is 10.1. The molecule has 0 N–H and O–H groups in total. The molecule has 0 aliphatic rings. The van der Waals surface area contributed by atoms with Gasteiger partial charge in [0.2, 0.25) is 0 Å². The Bertz CT molecular complexity index is 391. The zero-order valence-electron chi connectivity index (χ0n) is 11.7. The molecule has 0 spiro atoms. The van der Waals surface area contributed by atoms with E-state index in [1.54, 1.807) is 0 Å². The topological polar surface area (TPSA) is 27.7 Å². The molecule has 3 nitrogen and oxygen atoms in total. The highest BCUT2D eigenvalue weighted by Gasteiger charge is 2.24.